The van der Waals surface area contributed by atoms with Crippen LogP contribution in [0, 0.1) is 0 Å². The average molecular weight is 187 g/mol. The van der Waals surface area contributed by atoms with Crippen molar-refractivity contribution in [1.82, 2.24) is 15.0 Å². The van der Waals surface area contributed by atoms with Crippen LogP contribution in [-0.4, -0.2) is 15.0 Å². The topological polar surface area (TPSA) is 76.7 Å². The van der Waals surface area contributed by atoms with Gasteiger partial charge in [0, 0.05) is 18.6 Å². The van der Waals surface area contributed by atoms with Crippen LogP contribution < -0.4 is 11.1 Å². The Bertz CT molecular complexity index is 415. The largest absolute Gasteiger partial charge is 0.397 e. The highest BCUT2D eigenvalue weighted by molar-refractivity contribution is 5.69. The number of nitrogen functional groups attached to an aromatic ring is 1. The number of nitrogens with zero attached hydrogens (tertiary/aromatic N) is 3. The Balaban J connectivity index is 2.24. The average Bonchev–Trinajstić information content (AvgIpc) is 2.23. The number of hydrogen-bond acceptors (Lipinski definition) is 5. The summed E-state index contributed by atoms with van der Waals surface area (Å²) in [5, 5.41) is 3.01. The number of nitrogens with one attached hydrogen (secondary N) is 1. The Labute approximate surface area is 81.0 Å². The molecule has 5 heteroatoms. The minimum atomic E-state index is 0.630. The number of nitrogens with two attached hydrogens (primary N) is 1. The third-order valence-corrected chi connectivity index (χ3v) is 1.68. The predicted octanol–water partition coefficient (Wildman–Crippen LogP) is 1.20. The summed E-state index contributed by atoms with van der Waals surface area (Å²) in [6.07, 6.45) is 8.11. The summed E-state index contributed by atoms with van der Waals surface area (Å²) in [6.45, 7) is 0. The van der Waals surface area contributed by atoms with Gasteiger partial charge < -0.3 is 11.1 Å². The van der Waals surface area contributed by atoms with Crippen LogP contribution in [0.3, 0.4) is 0 Å². The molecule has 70 valence electrons. The number of anilines is 3. The summed E-state index contributed by atoms with van der Waals surface area (Å²) < 4.78 is 0. The summed E-state index contributed by atoms with van der Waals surface area (Å²) >= 11 is 0. The molecule has 0 aromatic carbocycles. The SMILES string of the molecule is Nc1ccncc1Nc1cnccn1. The van der Waals surface area contributed by atoms with Gasteiger partial charge in [-0.1, -0.05) is 0 Å². The Hall–Kier alpha value is -2.17. The summed E-state index contributed by atoms with van der Waals surface area (Å²) in [5.41, 5.74) is 7.08. The van der Waals surface area contributed by atoms with Crippen molar-refractivity contribution in [3.05, 3.63) is 37.1 Å². The third kappa shape index (κ3) is 1.77. The minimum Gasteiger partial charge on any atom is -0.397 e. The second-order valence-electron chi connectivity index (χ2n) is 2.68. The van der Waals surface area contributed by atoms with E-state index in [1.807, 2.05) is 0 Å². The van der Waals surface area contributed by atoms with E-state index >= 15 is 0 Å². The van der Waals surface area contributed by atoms with E-state index in [0.29, 0.717) is 11.5 Å². The molecule has 0 aliphatic heterocycles. The molecule has 2 aromatic heterocycles. The summed E-state index contributed by atoms with van der Waals surface area (Å²) in [7, 11) is 0. The maximum Gasteiger partial charge on any atom is 0.148 e. The first-order valence-corrected chi connectivity index (χ1v) is 4.09. The van der Waals surface area contributed by atoms with Crippen molar-refractivity contribution in [3.63, 3.8) is 0 Å². The monoisotopic (exact) mass is 187 g/mol. The van der Waals surface area contributed by atoms with Crippen LogP contribution in [0.5, 0.6) is 0 Å². The van der Waals surface area contributed by atoms with Crippen molar-refractivity contribution in [3.8, 4) is 0 Å². The van der Waals surface area contributed by atoms with E-state index in [2.05, 4.69) is 20.3 Å². The fourth-order valence-corrected chi connectivity index (χ4v) is 1.01. The number of aromatic nitrogens is 3. The first kappa shape index (κ1) is 8.43. The van der Waals surface area contributed by atoms with Crippen LogP contribution in [0.15, 0.2) is 37.1 Å². The highest BCUT2D eigenvalue weighted by Crippen LogP contribution is 2.18. The highest BCUT2D eigenvalue weighted by Gasteiger charge is 1.98. The fourth-order valence-electron chi connectivity index (χ4n) is 1.01. The van der Waals surface area contributed by atoms with Crippen molar-refractivity contribution in [2.75, 3.05) is 11.1 Å². The molecule has 0 spiro atoms. The van der Waals surface area contributed by atoms with Gasteiger partial charge >= 0.3 is 0 Å². The minimum absolute atomic E-state index is 0.630. The van der Waals surface area contributed by atoms with Crippen molar-refractivity contribution in [2.24, 2.45) is 0 Å². The van der Waals surface area contributed by atoms with E-state index in [1.54, 1.807) is 37.1 Å². The van der Waals surface area contributed by atoms with E-state index in [1.165, 1.54) is 0 Å². The molecule has 2 heterocycles. The quantitative estimate of drug-likeness (QED) is 0.738. The highest BCUT2D eigenvalue weighted by atomic mass is 15.0. The van der Waals surface area contributed by atoms with Gasteiger partial charge in [-0.3, -0.25) is 9.97 Å². The van der Waals surface area contributed by atoms with E-state index in [9.17, 15) is 0 Å². The molecule has 0 unspecified atom stereocenters. The van der Waals surface area contributed by atoms with Crippen molar-refractivity contribution in [2.45, 2.75) is 0 Å². The Kier molecular flexibility index (Phi) is 2.22. The van der Waals surface area contributed by atoms with Crippen LogP contribution in [0.4, 0.5) is 17.2 Å². The number of rotatable bonds is 2. The molecule has 5 nitrogen and oxygen atoms in total. The lowest BCUT2D eigenvalue weighted by atomic mass is 10.3. The zero-order valence-electron chi connectivity index (χ0n) is 7.38. The normalized spacial score (nSPS) is 9.71. The maximum absolute atomic E-state index is 5.72. The lowest BCUT2D eigenvalue weighted by Crippen LogP contribution is -1.98. The van der Waals surface area contributed by atoms with Gasteiger partial charge in [0.15, 0.2) is 0 Å². The fraction of sp³-hybridized carbons (Fsp3) is 0. The molecule has 3 N–H and O–H groups in total. The predicted molar refractivity (Wildman–Crippen MR) is 54.0 cm³/mol. The zero-order chi connectivity index (χ0) is 9.80. The Morgan fingerprint density at radius 3 is 2.64 bits per heavy atom. The van der Waals surface area contributed by atoms with Crippen molar-refractivity contribution < 1.29 is 0 Å². The molecule has 0 aliphatic carbocycles. The van der Waals surface area contributed by atoms with Crippen molar-refractivity contribution in [1.29, 1.82) is 0 Å². The molecule has 0 saturated heterocycles. The smallest absolute Gasteiger partial charge is 0.148 e. The third-order valence-electron chi connectivity index (χ3n) is 1.68. The zero-order valence-corrected chi connectivity index (χ0v) is 7.38. The molecular formula is C9H9N5. The molecule has 0 aliphatic rings. The van der Waals surface area contributed by atoms with E-state index < -0.39 is 0 Å². The lowest BCUT2D eigenvalue weighted by molar-refractivity contribution is 1.19. The molecule has 2 rings (SSSR count). The summed E-state index contributed by atoms with van der Waals surface area (Å²) in [6, 6.07) is 1.72. The van der Waals surface area contributed by atoms with Gasteiger partial charge in [0.2, 0.25) is 0 Å². The van der Waals surface area contributed by atoms with Crippen LogP contribution in [0.1, 0.15) is 0 Å². The van der Waals surface area contributed by atoms with E-state index in [0.717, 1.165) is 5.69 Å². The maximum atomic E-state index is 5.72. The van der Waals surface area contributed by atoms with Gasteiger partial charge in [-0.25, -0.2) is 4.98 Å². The Morgan fingerprint density at radius 2 is 1.93 bits per heavy atom. The molecule has 0 fully saturated rings. The standard InChI is InChI=1S/C9H9N5/c10-7-1-2-11-5-8(7)14-9-6-12-3-4-13-9/h1-6H,(H2,10,11)(H,13,14). The van der Waals surface area contributed by atoms with Gasteiger partial charge in [0.25, 0.3) is 0 Å². The molecule has 0 amide bonds. The van der Waals surface area contributed by atoms with Crippen LogP contribution in [-0.2, 0) is 0 Å². The van der Waals surface area contributed by atoms with Crippen LogP contribution >= 0.6 is 0 Å². The summed E-state index contributed by atoms with van der Waals surface area (Å²) in [4.78, 5) is 11.9. The van der Waals surface area contributed by atoms with Gasteiger partial charge in [0.1, 0.15) is 5.82 Å². The molecular weight excluding hydrogens is 178 g/mol. The second kappa shape index (κ2) is 3.69. The number of pyridine rings is 1. The van der Waals surface area contributed by atoms with E-state index in [4.69, 9.17) is 5.73 Å². The first-order chi connectivity index (χ1) is 6.86. The van der Waals surface area contributed by atoms with Gasteiger partial charge in [-0.15, -0.1) is 0 Å². The molecule has 2 aromatic rings. The van der Waals surface area contributed by atoms with Gasteiger partial charge in [0.05, 0.1) is 23.8 Å². The lowest BCUT2D eigenvalue weighted by Gasteiger charge is -2.05. The van der Waals surface area contributed by atoms with Crippen LogP contribution in [0.25, 0.3) is 0 Å². The van der Waals surface area contributed by atoms with Gasteiger partial charge in [-0.2, -0.15) is 0 Å². The molecule has 0 radical (unpaired) electrons. The van der Waals surface area contributed by atoms with Crippen molar-refractivity contribution >= 4 is 17.2 Å². The molecule has 0 atom stereocenters. The second-order valence-corrected chi connectivity index (χ2v) is 2.68. The van der Waals surface area contributed by atoms with Crippen LogP contribution in [0.2, 0.25) is 0 Å². The molecule has 14 heavy (non-hydrogen) atoms. The molecule has 0 saturated carbocycles. The molecule has 0 bridgehead atoms. The summed E-state index contributed by atoms with van der Waals surface area (Å²) in [5.74, 6) is 0.646. The van der Waals surface area contributed by atoms with Gasteiger partial charge in [-0.05, 0) is 6.07 Å². The first-order valence-electron chi connectivity index (χ1n) is 4.09. The number of hydrogen-bond donors (Lipinski definition) is 2. The van der Waals surface area contributed by atoms with E-state index in [-0.39, 0.29) is 0 Å². The Morgan fingerprint density at radius 1 is 1.07 bits per heavy atom.